The Kier molecular flexibility index (Phi) is 4.04. The Morgan fingerprint density at radius 2 is 2.14 bits per heavy atom. The second-order valence-corrected chi connectivity index (χ2v) is 6.17. The van der Waals surface area contributed by atoms with Crippen LogP contribution in [0.1, 0.15) is 26.3 Å². The van der Waals surface area contributed by atoms with Crippen LogP contribution in [0.4, 0.5) is 5.69 Å². The van der Waals surface area contributed by atoms with Gasteiger partial charge in [-0.15, -0.1) is 0 Å². The molecule has 1 aliphatic rings. The van der Waals surface area contributed by atoms with Gasteiger partial charge in [-0.25, -0.2) is 0 Å². The molecule has 4 heteroatoms. The van der Waals surface area contributed by atoms with E-state index in [9.17, 15) is 10.1 Å². The number of Topliss-reactive ketones (excluding diaryl/α,β-unsaturated/α-hetero) is 1. The fraction of sp³-hybridized carbons (Fsp3) is 0.412. The lowest BCUT2D eigenvalue weighted by atomic mass is 9.87. The number of ketones is 1. The molecule has 0 aromatic heterocycles. The Morgan fingerprint density at radius 3 is 2.71 bits per heavy atom. The van der Waals surface area contributed by atoms with Crippen molar-refractivity contribution in [2.24, 2.45) is 5.41 Å². The van der Waals surface area contributed by atoms with Crippen LogP contribution in [0.5, 0.6) is 5.75 Å². The summed E-state index contributed by atoms with van der Waals surface area (Å²) in [5.41, 5.74) is 1.85. The molecule has 0 saturated carbocycles. The molecule has 0 saturated heterocycles. The van der Waals surface area contributed by atoms with Crippen molar-refractivity contribution in [2.45, 2.75) is 27.2 Å². The van der Waals surface area contributed by atoms with Crippen LogP contribution in [0.3, 0.4) is 0 Å². The van der Waals surface area contributed by atoms with Gasteiger partial charge in [-0.05, 0) is 30.2 Å². The van der Waals surface area contributed by atoms with E-state index >= 15 is 0 Å². The van der Waals surface area contributed by atoms with Gasteiger partial charge in [-0.1, -0.05) is 20.8 Å². The summed E-state index contributed by atoms with van der Waals surface area (Å²) < 4.78 is 5.22. The van der Waals surface area contributed by atoms with Gasteiger partial charge in [0.05, 0.1) is 7.11 Å². The first-order valence-electron chi connectivity index (χ1n) is 6.97. The first-order chi connectivity index (χ1) is 9.86. The van der Waals surface area contributed by atoms with Gasteiger partial charge in [-0.2, -0.15) is 5.26 Å². The van der Waals surface area contributed by atoms with Crippen LogP contribution >= 0.6 is 0 Å². The van der Waals surface area contributed by atoms with Crippen LogP contribution in [-0.4, -0.2) is 19.4 Å². The Bertz CT molecular complexity index is 633. The Hall–Kier alpha value is -2.28. The van der Waals surface area contributed by atoms with Gasteiger partial charge in [0.15, 0.2) is 5.78 Å². The van der Waals surface area contributed by atoms with E-state index in [-0.39, 0.29) is 11.4 Å². The molecule has 0 atom stereocenters. The number of carbonyl (C=O) groups excluding carboxylic acids is 1. The van der Waals surface area contributed by atoms with E-state index in [1.54, 1.807) is 13.3 Å². The molecule has 110 valence electrons. The molecule has 1 aromatic rings. The Balaban J connectivity index is 2.32. The molecule has 1 aromatic carbocycles. The third-order valence-electron chi connectivity index (χ3n) is 3.55. The van der Waals surface area contributed by atoms with Gasteiger partial charge >= 0.3 is 0 Å². The van der Waals surface area contributed by atoms with E-state index in [2.05, 4.69) is 0 Å². The zero-order valence-electron chi connectivity index (χ0n) is 12.9. The molecule has 0 spiro atoms. The Morgan fingerprint density at radius 1 is 1.43 bits per heavy atom. The number of hydrogen-bond donors (Lipinski definition) is 0. The zero-order chi connectivity index (χ0) is 15.6. The van der Waals surface area contributed by atoms with Crippen molar-refractivity contribution in [2.75, 3.05) is 18.6 Å². The van der Waals surface area contributed by atoms with Crippen molar-refractivity contribution in [3.05, 3.63) is 35.5 Å². The van der Waals surface area contributed by atoms with Gasteiger partial charge in [0, 0.05) is 23.8 Å². The summed E-state index contributed by atoms with van der Waals surface area (Å²) in [7, 11) is 1.64. The number of hydrogen-bond acceptors (Lipinski definition) is 4. The van der Waals surface area contributed by atoms with Gasteiger partial charge in [0.1, 0.15) is 17.4 Å². The third kappa shape index (κ3) is 3.08. The van der Waals surface area contributed by atoms with Crippen LogP contribution in [-0.2, 0) is 11.2 Å². The molecule has 0 amide bonds. The van der Waals surface area contributed by atoms with Crippen LogP contribution < -0.4 is 9.64 Å². The maximum Gasteiger partial charge on any atom is 0.180 e. The van der Waals surface area contributed by atoms with Crippen molar-refractivity contribution in [1.82, 2.24) is 0 Å². The minimum atomic E-state index is -0.552. The van der Waals surface area contributed by atoms with Crippen LogP contribution in [0, 0.1) is 16.7 Å². The number of nitrogens with zero attached hydrogens (tertiary/aromatic N) is 2. The van der Waals surface area contributed by atoms with Crippen molar-refractivity contribution in [1.29, 1.82) is 5.26 Å². The number of ether oxygens (including phenoxy) is 1. The molecule has 0 radical (unpaired) electrons. The molecule has 2 rings (SSSR count). The molecule has 0 fully saturated rings. The van der Waals surface area contributed by atoms with E-state index < -0.39 is 5.41 Å². The summed E-state index contributed by atoms with van der Waals surface area (Å²) in [5.74, 6) is 0.692. The number of nitriles is 1. The number of carbonyl (C=O) groups is 1. The minimum absolute atomic E-state index is 0.132. The smallest absolute Gasteiger partial charge is 0.180 e. The highest BCUT2D eigenvalue weighted by atomic mass is 16.5. The van der Waals surface area contributed by atoms with Gasteiger partial charge < -0.3 is 9.64 Å². The SMILES string of the molecule is COc1ccc2c(c1)CCN2C=C(C#N)C(=O)C(C)(C)C. The van der Waals surface area contributed by atoms with E-state index in [1.165, 1.54) is 5.56 Å². The van der Waals surface area contributed by atoms with Gasteiger partial charge in [-0.3, -0.25) is 4.79 Å². The molecule has 1 heterocycles. The summed E-state index contributed by atoms with van der Waals surface area (Å²) >= 11 is 0. The lowest BCUT2D eigenvalue weighted by Crippen LogP contribution is -2.24. The summed E-state index contributed by atoms with van der Waals surface area (Å²) in [6.07, 6.45) is 2.55. The molecule has 4 nitrogen and oxygen atoms in total. The monoisotopic (exact) mass is 284 g/mol. The van der Waals surface area contributed by atoms with E-state index in [0.717, 1.165) is 24.4 Å². The van der Waals surface area contributed by atoms with Crippen LogP contribution in [0.25, 0.3) is 0 Å². The highest BCUT2D eigenvalue weighted by Gasteiger charge is 2.27. The van der Waals surface area contributed by atoms with Crippen molar-refractivity contribution < 1.29 is 9.53 Å². The second-order valence-electron chi connectivity index (χ2n) is 6.17. The number of fused-ring (bicyclic) bond motifs is 1. The third-order valence-corrected chi connectivity index (χ3v) is 3.55. The van der Waals surface area contributed by atoms with E-state index in [4.69, 9.17) is 4.74 Å². The van der Waals surface area contributed by atoms with Crippen LogP contribution in [0.15, 0.2) is 30.0 Å². The largest absolute Gasteiger partial charge is 0.497 e. The van der Waals surface area contributed by atoms with E-state index in [1.807, 2.05) is 49.9 Å². The number of allylic oxidation sites excluding steroid dienone is 1. The molecule has 0 aliphatic carbocycles. The fourth-order valence-corrected chi connectivity index (χ4v) is 2.36. The highest BCUT2D eigenvalue weighted by Crippen LogP contribution is 2.32. The zero-order valence-corrected chi connectivity index (χ0v) is 12.9. The number of methoxy groups -OCH3 is 1. The van der Waals surface area contributed by atoms with E-state index in [0.29, 0.717) is 0 Å². The number of rotatable bonds is 3. The first-order valence-corrected chi connectivity index (χ1v) is 6.97. The summed E-state index contributed by atoms with van der Waals surface area (Å²) in [5, 5.41) is 9.26. The maximum atomic E-state index is 12.3. The Labute approximate surface area is 125 Å². The van der Waals surface area contributed by atoms with Crippen molar-refractivity contribution in [3.63, 3.8) is 0 Å². The predicted octanol–water partition coefficient (Wildman–Crippen LogP) is 3.08. The lowest BCUT2D eigenvalue weighted by Gasteiger charge is -2.19. The minimum Gasteiger partial charge on any atom is -0.497 e. The lowest BCUT2D eigenvalue weighted by molar-refractivity contribution is -0.122. The number of benzene rings is 1. The average molecular weight is 284 g/mol. The quantitative estimate of drug-likeness (QED) is 0.632. The summed E-state index contributed by atoms with van der Waals surface area (Å²) in [6.45, 7) is 6.24. The first kappa shape index (κ1) is 15.1. The molecular formula is C17H20N2O2. The highest BCUT2D eigenvalue weighted by molar-refractivity contribution is 6.02. The van der Waals surface area contributed by atoms with Gasteiger partial charge in [0.2, 0.25) is 0 Å². The molecule has 0 bridgehead atoms. The topological polar surface area (TPSA) is 53.3 Å². The fourth-order valence-electron chi connectivity index (χ4n) is 2.36. The second kappa shape index (κ2) is 5.61. The van der Waals surface area contributed by atoms with Crippen LogP contribution in [0.2, 0.25) is 0 Å². The molecule has 0 unspecified atom stereocenters. The molecule has 21 heavy (non-hydrogen) atoms. The van der Waals surface area contributed by atoms with Gasteiger partial charge in [0.25, 0.3) is 0 Å². The maximum absolute atomic E-state index is 12.3. The van der Waals surface area contributed by atoms with Crippen molar-refractivity contribution in [3.8, 4) is 11.8 Å². The normalized spacial score (nSPS) is 14.6. The molecular weight excluding hydrogens is 264 g/mol. The predicted molar refractivity (Wildman–Crippen MR) is 82.2 cm³/mol. The molecule has 0 N–H and O–H groups in total. The molecule has 1 aliphatic heterocycles. The summed E-state index contributed by atoms with van der Waals surface area (Å²) in [4.78, 5) is 14.2. The standard InChI is InChI=1S/C17H20N2O2/c1-17(2,3)16(20)13(10-18)11-19-8-7-12-9-14(21-4)5-6-15(12)19/h5-6,9,11H,7-8H2,1-4H3. The summed E-state index contributed by atoms with van der Waals surface area (Å²) in [6, 6.07) is 7.89. The average Bonchev–Trinajstić information content (AvgIpc) is 2.85. The van der Waals surface area contributed by atoms with Crippen molar-refractivity contribution >= 4 is 11.5 Å². The number of anilines is 1.